The van der Waals surface area contributed by atoms with E-state index in [2.05, 4.69) is 0 Å². The van der Waals surface area contributed by atoms with Crippen LogP contribution in [0.15, 0.2) is 36.4 Å². The summed E-state index contributed by atoms with van der Waals surface area (Å²) in [5, 5.41) is 18.1. The summed E-state index contributed by atoms with van der Waals surface area (Å²) in [5.41, 5.74) is 12.8. The second kappa shape index (κ2) is 6.01. The van der Waals surface area contributed by atoms with Gasteiger partial charge in [-0.1, -0.05) is 36.4 Å². The Morgan fingerprint density at radius 2 is 1.36 bits per heavy atom. The molecule has 0 heterocycles. The van der Waals surface area contributed by atoms with Crippen molar-refractivity contribution in [1.29, 1.82) is 0 Å². The van der Waals surface area contributed by atoms with Crippen molar-refractivity contribution in [3.05, 3.63) is 58.7 Å². The first-order valence-corrected chi connectivity index (χ1v) is 6.33. The van der Waals surface area contributed by atoms with Crippen LogP contribution in [0.4, 0.5) is 11.4 Å². The number of hydrogen-bond acceptors (Lipinski definition) is 4. The van der Waals surface area contributed by atoms with Crippen molar-refractivity contribution in [2.75, 3.05) is 11.5 Å². The van der Waals surface area contributed by atoms with Crippen molar-refractivity contribution < 1.29 is 19.8 Å². The van der Waals surface area contributed by atoms with Gasteiger partial charge in [0, 0.05) is 0 Å². The zero-order valence-corrected chi connectivity index (χ0v) is 11.5. The molecule has 0 aliphatic heterocycles. The van der Waals surface area contributed by atoms with Gasteiger partial charge in [-0.05, 0) is 23.3 Å². The summed E-state index contributed by atoms with van der Waals surface area (Å²) < 4.78 is 0. The number of anilines is 2. The monoisotopic (exact) mass is 298 g/mol. The number of benzene rings is 2. The van der Waals surface area contributed by atoms with Crippen LogP contribution in [0.5, 0.6) is 0 Å². The highest BCUT2D eigenvalue weighted by Crippen LogP contribution is 2.26. The maximum Gasteiger partial charge on any atom is 0.337 e. The van der Waals surface area contributed by atoms with Crippen molar-refractivity contribution in [2.24, 2.45) is 0 Å². The third kappa shape index (κ3) is 2.90. The van der Waals surface area contributed by atoms with Crippen LogP contribution in [0.2, 0.25) is 0 Å². The molecule has 2 aromatic carbocycles. The second-order valence-corrected chi connectivity index (χ2v) is 4.56. The molecule has 0 aliphatic rings. The van der Waals surface area contributed by atoms with Gasteiger partial charge in [0.15, 0.2) is 0 Å². The summed E-state index contributed by atoms with van der Waals surface area (Å²) in [4.78, 5) is 22.1. The Bertz CT molecular complexity index is 782. The summed E-state index contributed by atoms with van der Waals surface area (Å²) in [5.74, 6) is -2.19. The van der Waals surface area contributed by atoms with Crippen molar-refractivity contribution in [3.63, 3.8) is 0 Å². The lowest BCUT2D eigenvalue weighted by Gasteiger charge is -2.08. The molecule has 0 saturated carbocycles. The summed E-state index contributed by atoms with van der Waals surface area (Å²) in [6, 6.07) is 9.39. The quantitative estimate of drug-likeness (QED) is 0.507. The lowest BCUT2D eigenvalue weighted by molar-refractivity contribution is 0.0686. The largest absolute Gasteiger partial charge is 0.478 e. The van der Waals surface area contributed by atoms with E-state index in [1.807, 2.05) is 0 Å². The zero-order chi connectivity index (χ0) is 16.3. The zero-order valence-electron chi connectivity index (χ0n) is 11.5. The Morgan fingerprint density at radius 3 is 2.00 bits per heavy atom. The van der Waals surface area contributed by atoms with Gasteiger partial charge in [-0.3, -0.25) is 0 Å². The topological polar surface area (TPSA) is 127 Å². The molecule has 22 heavy (non-hydrogen) atoms. The van der Waals surface area contributed by atoms with Gasteiger partial charge in [-0.2, -0.15) is 0 Å². The highest BCUT2D eigenvalue weighted by atomic mass is 16.4. The molecule has 0 unspecified atom stereocenters. The molecule has 0 atom stereocenters. The Morgan fingerprint density at radius 1 is 0.773 bits per heavy atom. The van der Waals surface area contributed by atoms with Gasteiger partial charge in [-0.25, -0.2) is 9.59 Å². The van der Waals surface area contributed by atoms with E-state index in [4.69, 9.17) is 21.7 Å². The fourth-order valence-electron chi connectivity index (χ4n) is 2.00. The minimum Gasteiger partial charge on any atom is -0.478 e. The Hall–Kier alpha value is -3.28. The Kier molecular flexibility index (Phi) is 4.13. The molecule has 6 nitrogen and oxygen atoms in total. The molecule has 2 rings (SSSR count). The van der Waals surface area contributed by atoms with Gasteiger partial charge in [0.05, 0.1) is 22.5 Å². The minimum atomic E-state index is -1.16. The van der Waals surface area contributed by atoms with Gasteiger partial charge < -0.3 is 21.7 Å². The molecule has 112 valence electrons. The molecule has 0 radical (unpaired) electrons. The molecule has 6 N–H and O–H groups in total. The smallest absolute Gasteiger partial charge is 0.337 e. The van der Waals surface area contributed by atoms with Crippen molar-refractivity contribution in [2.45, 2.75) is 0 Å². The van der Waals surface area contributed by atoms with Gasteiger partial charge >= 0.3 is 11.9 Å². The van der Waals surface area contributed by atoms with Crippen molar-refractivity contribution >= 4 is 35.5 Å². The standard InChI is InChI=1S/C16H14N2O4/c17-13-10(7-8-12(14(13)18)16(21)22)6-5-9-3-1-2-4-11(9)15(19)20/h1-8H,17-18H2,(H,19,20)(H,21,22). The molecule has 0 spiro atoms. The van der Waals surface area contributed by atoms with Crippen LogP contribution in [0.3, 0.4) is 0 Å². The Labute approximate surface area is 126 Å². The normalized spacial score (nSPS) is 10.7. The fraction of sp³-hybridized carbons (Fsp3) is 0. The molecule has 0 aromatic heterocycles. The molecule has 6 heteroatoms. The Balaban J connectivity index is 2.42. The third-order valence-electron chi connectivity index (χ3n) is 3.18. The molecule has 0 amide bonds. The second-order valence-electron chi connectivity index (χ2n) is 4.56. The van der Waals surface area contributed by atoms with Crippen LogP contribution < -0.4 is 11.5 Å². The molecular formula is C16H14N2O4. The van der Waals surface area contributed by atoms with Crippen LogP contribution in [-0.4, -0.2) is 22.2 Å². The average molecular weight is 298 g/mol. The van der Waals surface area contributed by atoms with Crippen LogP contribution >= 0.6 is 0 Å². The summed E-state index contributed by atoms with van der Waals surface area (Å²) in [6.45, 7) is 0. The number of aromatic carboxylic acids is 2. The lowest BCUT2D eigenvalue weighted by atomic mass is 10.0. The third-order valence-corrected chi connectivity index (χ3v) is 3.18. The van der Waals surface area contributed by atoms with E-state index in [9.17, 15) is 9.59 Å². The lowest BCUT2D eigenvalue weighted by Crippen LogP contribution is -2.06. The molecular weight excluding hydrogens is 284 g/mol. The van der Waals surface area contributed by atoms with Crippen LogP contribution in [0.1, 0.15) is 31.8 Å². The number of rotatable bonds is 4. The number of carbonyl (C=O) groups is 2. The molecule has 0 fully saturated rings. The van der Waals surface area contributed by atoms with Crippen LogP contribution in [0.25, 0.3) is 12.2 Å². The average Bonchev–Trinajstić information content (AvgIpc) is 2.48. The highest BCUT2D eigenvalue weighted by Gasteiger charge is 2.12. The van der Waals surface area contributed by atoms with E-state index in [0.29, 0.717) is 11.1 Å². The SMILES string of the molecule is Nc1c(C=Cc2ccccc2C(=O)O)ccc(C(=O)O)c1N. The van der Waals surface area contributed by atoms with E-state index < -0.39 is 11.9 Å². The minimum absolute atomic E-state index is 0.0128. The predicted octanol–water partition coefficient (Wildman–Crippen LogP) is 2.42. The fourth-order valence-corrected chi connectivity index (χ4v) is 2.00. The number of nitrogen functional groups attached to an aromatic ring is 2. The number of nitrogens with two attached hydrogens (primary N) is 2. The molecule has 0 bridgehead atoms. The molecule has 0 saturated heterocycles. The highest BCUT2D eigenvalue weighted by molar-refractivity contribution is 5.99. The summed E-state index contributed by atoms with van der Waals surface area (Å²) in [7, 11) is 0. The number of carboxylic acids is 2. The van der Waals surface area contributed by atoms with E-state index in [-0.39, 0.29) is 22.5 Å². The van der Waals surface area contributed by atoms with Gasteiger partial charge in [0.2, 0.25) is 0 Å². The predicted molar refractivity (Wildman–Crippen MR) is 84.6 cm³/mol. The molecule has 2 aromatic rings. The van der Waals surface area contributed by atoms with Gasteiger partial charge in [-0.15, -0.1) is 0 Å². The maximum atomic E-state index is 11.1. The number of hydrogen-bond donors (Lipinski definition) is 4. The van der Waals surface area contributed by atoms with Crippen molar-refractivity contribution in [1.82, 2.24) is 0 Å². The van der Waals surface area contributed by atoms with Gasteiger partial charge in [0.25, 0.3) is 0 Å². The van der Waals surface area contributed by atoms with E-state index in [1.54, 1.807) is 30.4 Å². The first-order valence-electron chi connectivity index (χ1n) is 6.33. The first kappa shape index (κ1) is 15.1. The van der Waals surface area contributed by atoms with E-state index >= 15 is 0 Å². The van der Waals surface area contributed by atoms with Crippen molar-refractivity contribution in [3.8, 4) is 0 Å². The van der Waals surface area contributed by atoms with E-state index in [0.717, 1.165) is 0 Å². The first-order chi connectivity index (χ1) is 10.4. The number of carboxylic acid groups (broad SMARTS) is 2. The summed E-state index contributed by atoms with van der Waals surface area (Å²) >= 11 is 0. The van der Waals surface area contributed by atoms with Crippen LogP contribution in [0, 0.1) is 0 Å². The van der Waals surface area contributed by atoms with Gasteiger partial charge in [0.1, 0.15) is 0 Å². The summed E-state index contributed by atoms with van der Waals surface area (Å²) in [6.07, 6.45) is 3.19. The van der Waals surface area contributed by atoms with Crippen LogP contribution in [-0.2, 0) is 0 Å². The van der Waals surface area contributed by atoms with E-state index in [1.165, 1.54) is 18.2 Å². The maximum absolute atomic E-state index is 11.1. The molecule has 0 aliphatic carbocycles.